The van der Waals surface area contributed by atoms with Crippen LogP contribution in [0, 0.1) is 0 Å². The van der Waals surface area contributed by atoms with Gasteiger partial charge >= 0.3 is 0 Å². The van der Waals surface area contributed by atoms with E-state index in [-0.39, 0.29) is 5.91 Å². The van der Waals surface area contributed by atoms with E-state index in [9.17, 15) is 4.79 Å². The van der Waals surface area contributed by atoms with Crippen LogP contribution in [-0.2, 0) is 4.79 Å². The van der Waals surface area contributed by atoms with Crippen molar-refractivity contribution in [2.24, 2.45) is 0 Å². The van der Waals surface area contributed by atoms with Gasteiger partial charge in [-0.2, -0.15) is 0 Å². The minimum Gasteiger partial charge on any atom is -0.493 e. The third-order valence-electron chi connectivity index (χ3n) is 5.43. The lowest BCUT2D eigenvalue weighted by molar-refractivity contribution is -0.121. The van der Waals surface area contributed by atoms with Crippen LogP contribution < -0.4 is 14.2 Å². The Morgan fingerprint density at radius 3 is 2.39 bits per heavy atom. The summed E-state index contributed by atoms with van der Waals surface area (Å²) in [5, 5.41) is 0. The van der Waals surface area contributed by atoms with Gasteiger partial charge in [-0.15, -0.1) is 0 Å². The van der Waals surface area contributed by atoms with Crippen molar-refractivity contribution in [2.75, 3.05) is 26.9 Å². The molecule has 0 bridgehead atoms. The highest BCUT2D eigenvalue weighted by Crippen LogP contribution is 2.34. The summed E-state index contributed by atoms with van der Waals surface area (Å²) in [6.07, 6.45) is 3.71. The molecule has 1 aliphatic rings. The predicted octanol–water partition coefficient (Wildman–Crippen LogP) is 6.28. The molecule has 2 aromatic carbocycles. The Balaban J connectivity index is 1.53. The van der Waals surface area contributed by atoms with Gasteiger partial charge in [0.15, 0.2) is 11.5 Å². The van der Waals surface area contributed by atoms with Crippen molar-refractivity contribution in [3.05, 3.63) is 58.5 Å². The first-order valence-electron chi connectivity index (χ1n) is 11.3. The molecule has 33 heavy (non-hydrogen) atoms. The summed E-state index contributed by atoms with van der Waals surface area (Å²) < 4.78 is 18.1. The van der Waals surface area contributed by atoms with Crippen LogP contribution in [0.15, 0.2) is 47.4 Å². The van der Waals surface area contributed by atoms with Crippen LogP contribution in [0.3, 0.4) is 0 Å². The summed E-state index contributed by atoms with van der Waals surface area (Å²) in [6, 6.07) is 14.0. The fourth-order valence-electron chi connectivity index (χ4n) is 3.26. The summed E-state index contributed by atoms with van der Waals surface area (Å²) in [4.78, 5) is 14.3. The molecule has 0 aliphatic carbocycles. The van der Waals surface area contributed by atoms with Gasteiger partial charge in [0, 0.05) is 13.5 Å². The van der Waals surface area contributed by atoms with Gasteiger partial charge in [-0.1, -0.05) is 56.0 Å². The molecule has 1 unspecified atom stereocenters. The number of hydrogen-bond acceptors (Lipinski definition) is 6. The molecule has 176 valence electrons. The van der Waals surface area contributed by atoms with Crippen molar-refractivity contribution in [3.8, 4) is 17.2 Å². The minimum absolute atomic E-state index is 0.0854. The first-order valence-corrected chi connectivity index (χ1v) is 12.5. The highest BCUT2D eigenvalue weighted by Gasteiger charge is 2.28. The zero-order chi connectivity index (χ0) is 23.8. The number of rotatable bonds is 11. The van der Waals surface area contributed by atoms with Crippen LogP contribution in [0.5, 0.6) is 17.2 Å². The van der Waals surface area contributed by atoms with Crippen LogP contribution in [0.4, 0.5) is 0 Å². The smallest absolute Gasteiger partial charge is 0.265 e. The molecule has 0 radical (unpaired) electrons. The maximum absolute atomic E-state index is 12.2. The Kier molecular flexibility index (Phi) is 9.21. The first kappa shape index (κ1) is 25.1. The van der Waals surface area contributed by atoms with Gasteiger partial charge in [0.1, 0.15) is 10.1 Å². The van der Waals surface area contributed by atoms with Gasteiger partial charge in [0.2, 0.25) is 0 Å². The lowest BCUT2D eigenvalue weighted by Crippen LogP contribution is -2.22. The lowest BCUT2D eigenvalue weighted by atomic mass is 9.99. The zero-order valence-corrected chi connectivity index (χ0v) is 21.3. The molecule has 1 heterocycles. The van der Waals surface area contributed by atoms with Crippen molar-refractivity contribution in [3.63, 3.8) is 0 Å². The molecule has 1 aliphatic heterocycles. The van der Waals surface area contributed by atoms with Crippen LogP contribution in [0.2, 0.25) is 0 Å². The number of likely N-dealkylation sites (N-methyl/N-ethyl adjacent to an activating group) is 1. The number of amides is 1. The SMILES string of the molecule is CCOc1cc(/C=C2\SC(=S)N(C)C2=O)ccc1OCCCOc1ccc(C(C)CC)cc1. The quantitative estimate of drug-likeness (QED) is 0.212. The molecule has 1 atom stereocenters. The number of carbonyl (C=O) groups excluding carboxylic acids is 1. The number of nitrogens with zero attached hydrogens (tertiary/aromatic N) is 1. The summed E-state index contributed by atoms with van der Waals surface area (Å²) >= 11 is 6.50. The largest absolute Gasteiger partial charge is 0.493 e. The number of thioether (sulfide) groups is 1. The molecule has 5 nitrogen and oxygen atoms in total. The maximum atomic E-state index is 12.2. The monoisotopic (exact) mass is 485 g/mol. The van der Waals surface area contributed by atoms with E-state index in [2.05, 4.69) is 26.0 Å². The molecule has 0 N–H and O–H groups in total. The maximum Gasteiger partial charge on any atom is 0.265 e. The molecule has 0 aromatic heterocycles. The Hall–Kier alpha value is -2.51. The van der Waals surface area contributed by atoms with Gasteiger partial charge in [-0.25, -0.2) is 0 Å². The average molecular weight is 486 g/mol. The lowest BCUT2D eigenvalue weighted by Gasteiger charge is -2.13. The molecule has 1 amide bonds. The second-order valence-electron chi connectivity index (χ2n) is 7.81. The van der Waals surface area contributed by atoms with E-state index < -0.39 is 0 Å². The minimum atomic E-state index is -0.0854. The molecule has 1 saturated heterocycles. The molecular weight excluding hydrogens is 454 g/mol. The Bertz CT molecular complexity index is 1000. The van der Waals surface area contributed by atoms with Crippen LogP contribution in [0.25, 0.3) is 6.08 Å². The van der Waals surface area contributed by atoms with Crippen LogP contribution in [0.1, 0.15) is 50.7 Å². The molecule has 1 fully saturated rings. The van der Waals surface area contributed by atoms with Crippen molar-refractivity contribution in [2.45, 2.75) is 39.5 Å². The van der Waals surface area contributed by atoms with E-state index in [1.165, 1.54) is 22.2 Å². The zero-order valence-electron chi connectivity index (χ0n) is 19.6. The summed E-state index contributed by atoms with van der Waals surface area (Å²) in [5.74, 6) is 2.68. The van der Waals surface area contributed by atoms with Gasteiger partial charge in [-0.05, 0) is 60.7 Å². The van der Waals surface area contributed by atoms with Gasteiger partial charge in [-0.3, -0.25) is 9.69 Å². The van der Waals surface area contributed by atoms with E-state index in [0.717, 1.165) is 24.2 Å². The number of hydrogen-bond donors (Lipinski definition) is 0. The third kappa shape index (κ3) is 6.74. The van der Waals surface area contributed by atoms with Gasteiger partial charge in [0.05, 0.1) is 24.7 Å². The van der Waals surface area contributed by atoms with E-state index in [1.807, 2.05) is 43.3 Å². The van der Waals surface area contributed by atoms with Crippen LogP contribution >= 0.6 is 24.0 Å². The molecule has 0 spiro atoms. The first-order chi connectivity index (χ1) is 15.9. The Labute approximate surface area is 206 Å². The van der Waals surface area contributed by atoms with E-state index in [1.54, 1.807) is 7.05 Å². The van der Waals surface area contributed by atoms with Gasteiger partial charge in [0.25, 0.3) is 5.91 Å². The second kappa shape index (κ2) is 12.1. The second-order valence-corrected chi connectivity index (χ2v) is 9.48. The van der Waals surface area contributed by atoms with E-state index >= 15 is 0 Å². The number of thiocarbonyl (C=S) groups is 1. The standard InChI is InChI=1S/C26H31NO4S2/c1-5-18(3)20-9-11-21(12-10-20)30-14-7-15-31-22-13-8-19(16-23(22)29-6-2)17-24-25(28)27(4)26(32)33-24/h8-13,16-18H,5-7,14-15H2,1-4H3/b24-17-. The van der Waals surface area contributed by atoms with Crippen molar-refractivity contribution >= 4 is 40.3 Å². The van der Waals surface area contributed by atoms with Crippen molar-refractivity contribution < 1.29 is 19.0 Å². The molecule has 7 heteroatoms. The number of carbonyl (C=O) groups is 1. The summed E-state index contributed by atoms with van der Waals surface area (Å²) in [6.45, 7) is 7.96. The fourth-order valence-corrected chi connectivity index (χ4v) is 4.44. The topological polar surface area (TPSA) is 48.0 Å². The van der Waals surface area contributed by atoms with Gasteiger partial charge < -0.3 is 14.2 Å². The van der Waals surface area contributed by atoms with Crippen molar-refractivity contribution in [1.29, 1.82) is 0 Å². The van der Waals surface area contributed by atoms with E-state index in [0.29, 0.717) is 46.5 Å². The predicted molar refractivity (Wildman–Crippen MR) is 139 cm³/mol. The molecule has 3 rings (SSSR count). The van der Waals surface area contributed by atoms with Crippen LogP contribution in [-0.4, -0.2) is 42.0 Å². The molecule has 2 aromatic rings. The van der Waals surface area contributed by atoms with Crippen molar-refractivity contribution in [1.82, 2.24) is 4.90 Å². The fraction of sp³-hybridized carbons (Fsp3) is 0.385. The molecular formula is C26H31NO4S2. The highest BCUT2D eigenvalue weighted by atomic mass is 32.2. The Morgan fingerprint density at radius 2 is 1.76 bits per heavy atom. The number of benzene rings is 2. The number of ether oxygens (including phenoxy) is 3. The summed E-state index contributed by atoms with van der Waals surface area (Å²) in [5.41, 5.74) is 2.20. The average Bonchev–Trinajstić information content (AvgIpc) is 3.06. The molecule has 0 saturated carbocycles. The highest BCUT2D eigenvalue weighted by molar-refractivity contribution is 8.26. The Morgan fingerprint density at radius 1 is 1.03 bits per heavy atom. The van der Waals surface area contributed by atoms with E-state index in [4.69, 9.17) is 26.4 Å². The summed E-state index contributed by atoms with van der Waals surface area (Å²) in [7, 11) is 1.69. The third-order valence-corrected chi connectivity index (χ3v) is 6.91. The normalized spacial score (nSPS) is 15.8.